The zero-order chi connectivity index (χ0) is 10.3. The summed E-state index contributed by atoms with van der Waals surface area (Å²) in [6, 6.07) is 1.63. The molecule has 14 heavy (non-hydrogen) atoms. The number of imidazole rings is 1. The maximum Gasteiger partial charge on any atom is 0.156 e. The van der Waals surface area contributed by atoms with Gasteiger partial charge in [0.1, 0.15) is 0 Å². The molecule has 0 fully saturated rings. The van der Waals surface area contributed by atoms with Crippen molar-refractivity contribution in [2.75, 3.05) is 0 Å². The van der Waals surface area contributed by atoms with Crippen molar-refractivity contribution in [3.8, 4) is 0 Å². The number of hydrogen-bond donors (Lipinski definition) is 1. The summed E-state index contributed by atoms with van der Waals surface area (Å²) >= 11 is 11.8. The minimum atomic E-state index is -0.0797. The summed E-state index contributed by atoms with van der Waals surface area (Å²) in [5, 5.41) is 10.1. The molecule has 5 heteroatoms. The van der Waals surface area contributed by atoms with Crippen molar-refractivity contribution in [3.05, 3.63) is 33.7 Å². The van der Waals surface area contributed by atoms with Crippen LogP contribution in [0.2, 0.25) is 10.0 Å². The number of rotatable bonds is 1. The van der Waals surface area contributed by atoms with Crippen LogP contribution in [0.15, 0.2) is 12.3 Å². The summed E-state index contributed by atoms with van der Waals surface area (Å²) in [4.78, 5) is 4.24. The lowest BCUT2D eigenvalue weighted by Gasteiger charge is -2.00. The number of halogens is 2. The number of aliphatic hydroxyl groups is 1. The summed E-state index contributed by atoms with van der Waals surface area (Å²) in [5.41, 5.74) is 2.10. The normalized spacial score (nSPS) is 11.1. The monoisotopic (exact) mass is 230 g/mol. The van der Waals surface area contributed by atoms with Crippen LogP contribution in [0.25, 0.3) is 5.65 Å². The molecule has 2 aromatic heterocycles. The van der Waals surface area contributed by atoms with Crippen molar-refractivity contribution in [1.82, 2.24) is 9.38 Å². The smallest absolute Gasteiger partial charge is 0.156 e. The molecule has 0 atom stereocenters. The third-order valence-corrected chi connectivity index (χ3v) is 2.58. The quantitative estimate of drug-likeness (QED) is 0.818. The van der Waals surface area contributed by atoms with Crippen molar-refractivity contribution >= 4 is 28.8 Å². The Labute approximate surface area is 90.9 Å². The molecule has 2 heterocycles. The standard InChI is InChI=1S/C9H8Cl2N2O/c1-5-8(4-14)13-3-6(10)2-7(11)9(13)12-5/h2-3,14H,4H2,1H3. The van der Waals surface area contributed by atoms with Crippen molar-refractivity contribution in [1.29, 1.82) is 0 Å². The zero-order valence-electron chi connectivity index (χ0n) is 7.46. The molecule has 2 aromatic rings. The molecular weight excluding hydrogens is 223 g/mol. The van der Waals surface area contributed by atoms with E-state index in [1.165, 1.54) is 0 Å². The number of aryl methyl sites for hydroxylation is 1. The SMILES string of the molecule is Cc1nc2c(Cl)cc(Cl)cn2c1CO. The van der Waals surface area contributed by atoms with Crippen LogP contribution in [0.4, 0.5) is 0 Å². The lowest BCUT2D eigenvalue weighted by Crippen LogP contribution is -1.93. The van der Waals surface area contributed by atoms with Crippen LogP contribution in [0.5, 0.6) is 0 Å². The molecule has 0 aliphatic heterocycles. The van der Waals surface area contributed by atoms with E-state index in [9.17, 15) is 0 Å². The summed E-state index contributed by atoms with van der Waals surface area (Å²) in [6.07, 6.45) is 1.69. The third kappa shape index (κ3) is 1.38. The Morgan fingerprint density at radius 2 is 2.21 bits per heavy atom. The van der Waals surface area contributed by atoms with E-state index < -0.39 is 0 Å². The fourth-order valence-corrected chi connectivity index (χ4v) is 1.94. The van der Waals surface area contributed by atoms with Gasteiger partial charge in [0.2, 0.25) is 0 Å². The molecule has 0 aliphatic carbocycles. The molecule has 0 radical (unpaired) electrons. The highest BCUT2D eigenvalue weighted by molar-refractivity contribution is 6.36. The van der Waals surface area contributed by atoms with Gasteiger partial charge in [-0.05, 0) is 13.0 Å². The molecule has 0 bridgehead atoms. The first-order valence-corrected chi connectivity index (χ1v) is 4.82. The highest BCUT2D eigenvalue weighted by Gasteiger charge is 2.10. The van der Waals surface area contributed by atoms with E-state index in [0.29, 0.717) is 21.4 Å². The largest absolute Gasteiger partial charge is 0.390 e. The van der Waals surface area contributed by atoms with E-state index in [-0.39, 0.29) is 6.61 Å². The molecule has 0 spiro atoms. The Bertz CT molecular complexity index is 493. The van der Waals surface area contributed by atoms with Crippen molar-refractivity contribution < 1.29 is 5.11 Å². The van der Waals surface area contributed by atoms with Gasteiger partial charge < -0.3 is 5.11 Å². The first-order chi connectivity index (χ1) is 6.63. The number of aliphatic hydroxyl groups excluding tert-OH is 1. The fourth-order valence-electron chi connectivity index (χ4n) is 1.42. The molecule has 2 rings (SSSR count). The van der Waals surface area contributed by atoms with Crippen molar-refractivity contribution in [2.45, 2.75) is 13.5 Å². The van der Waals surface area contributed by atoms with Crippen LogP contribution in [0.3, 0.4) is 0 Å². The van der Waals surface area contributed by atoms with Gasteiger partial charge in [-0.15, -0.1) is 0 Å². The van der Waals surface area contributed by atoms with E-state index in [1.807, 2.05) is 6.92 Å². The van der Waals surface area contributed by atoms with Gasteiger partial charge in [-0.2, -0.15) is 0 Å². The number of fused-ring (bicyclic) bond motifs is 1. The number of hydrogen-bond acceptors (Lipinski definition) is 2. The van der Waals surface area contributed by atoms with Crippen LogP contribution in [-0.2, 0) is 6.61 Å². The summed E-state index contributed by atoms with van der Waals surface area (Å²) in [6.45, 7) is 1.74. The Balaban J connectivity index is 2.87. The van der Waals surface area contributed by atoms with Crippen LogP contribution >= 0.6 is 23.2 Å². The first kappa shape index (κ1) is 9.77. The van der Waals surface area contributed by atoms with Crippen molar-refractivity contribution in [2.24, 2.45) is 0 Å². The van der Waals surface area contributed by atoms with E-state index >= 15 is 0 Å². The Hall–Kier alpha value is -0.770. The Morgan fingerprint density at radius 1 is 1.50 bits per heavy atom. The highest BCUT2D eigenvalue weighted by atomic mass is 35.5. The predicted octanol–water partition coefficient (Wildman–Crippen LogP) is 2.44. The van der Waals surface area contributed by atoms with Gasteiger partial charge in [0.25, 0.3) is 0 Å². The van der Waals surface area contributed by atoms with Crippen LogP contribution < -0.4 is 0 Å². The molecule has 1 N–H and O–H groups in total. The minimum absolute atomic E-state index is 0.0797. The maximum atomic E-state index is 9.14. The van der Waals surface area contributed by atoms with E-state index in [2.05, 4.69) is 4.98 Å². The first-order valence-electron chi connectivity index (χ1n) is 4.07. The second-order valence-corrected chi connectivity index (χ2v) is 3.85. The maximum absolute atomic E-state index is 9.14. The lowest BCUT2D eigenvalue weighted by molar-refractivity contribution is 0.275. The second-order valence-electron chi connectivity index (χ2n) is 3.00. The minimum Gasteiger partial charge on any atom is -0.390 e. The lowest BCUT2D eigenvalue weighted by atomic mass is 10.3. The number of nitrogens with zero attached hydrogens (tertiary/aromatic N) is 2. The van der Waals surface area contributed by atoms with E-state index in [0.717, 1.165) is 5.69 Å². The molecular formula is C9H8Cl2N2O. The van der Waals surface area contributed by atoms with E-state index in [4.69, 9.17) is 28.3 Å². The molecule has 74 valence electrons. The van der Waals surface area contributed by atoms with E-state index in [1.54, 1.807) is 16.7 Å². The van der Waals surface area contributed by atoms with Gasteiger partial charge in [-0.25, -0.2) is 4.98 Å². The van der Waals surface area contributed by atoms with Crippen molar-refractivity contribution in [3.63, 3.8) is 0 Å². The summed E-state index contributed by atoms with van der Waals surface area (Å²) in [5.74, 6) is 0. The molecule has 0 saturated heterocycles. The van der Waals surface area contributed by atoms with Crippen LogP contribution in [0.1, 0.15) is 11.4 Å². The Morgan fingerprint density at radius 3 is 2.86 bits per heavy atom. The van der Waals surface area contributed by atoms with Crippen LogP contribution in [-0.4, -0.2) is 14.5 Å². The Kier molecular flexibility index (Phi) is 2.39. The van der Waals surface area contributed by atoms with Gasteiger partial charge in [0.15, 0.2) is 5.65 Å². The molecule has 0 amide bonds. The molecule has 0 aromatic carbocycles. The summed E-state index contributed by atoms with van der Waals surface area (Å²) < 4.78 is 1.71. The van der Waals surface area contributed by atoms with Gasteiger partial charge >= 0.3 is 0 Å². The molecule has 0 unspecified atom stereocenters. The third-order valence-electron chi connectivity index (χ3n) is 2.09. The van der Waals surface area contributed by atoms with Crippen LogP contribution in [0, 0.1) is 6.92 Å². The second kappa shape index (κ2) is 3.42. The average molecular weight is 231 g/mol. The summed E-state index contributed by atoms with van der Waals surface area (Å²) in [7, 11) is 0. The highest BCUT2D eigenvalue weighted by Crippen LogP contribution is 2.24. The number of aromatic nitrogens is 2. The van der Waals surface area contributed by atoms with Gasteiger partial charge in [-0.1, -0.05) is 23.2 Å². The molecule has 3 nitrogen and oxygen atoms in total. The molecule has 0 saturated carbocycles. The fraction of sp³-hybridized carbons (Fsp3) is 0.222. The number of pyridine rings is 1. The van der Waals surface area contributed by atoms with Gasteiger partial charge in [-0.3, -0.25) is 4.40 Å². The topological polar surface area (TPSA) is 37.5 Å². The van der Waals surface area contributed by atoms with Gasteiger partial charge in [0.05, 0.1) is 28.0 Å². The predicted molar refractivity (Wildman–Crippen MR) is 55.9 cm³/mol. The molecule has 0 aliphatic rings. The average Bonchev–Trinajstić information content (AvgIpc) is 2.41. The zero-order valence-corrected chi connectivity index (χ0v) is 8.97. The van der Waals surface area contributed by atoms with Gasteiger partial charge in [0, 0.05) is 6.20 Å².